The van der Waals surface area contributed by atoms with Gasteiger partial charge >= 0.3 is 12.0 Å². The van der Waals surface area contributed by atoms with Crippen molar-refractivity contribution >= 4 is 12.0 Å². The van der Waals surface area contributed by atoms with E-state index in [1.807, 2.05) is 7.05 Å². The van der Waals surface area contributed by atoms with E-state index in [-0.39, 0.29) is 24.0 Å². The summed E-state index contributed by atoms with van der Waals surface area (Å²) in [6, 6.07) is 0.225. The van der Waals surface area contributed by atoms with Crippen molar-refractivity contribution in [3.63, 3.8) is 0 Å². The highest BCUT2D eigenvalue weighted by atomic mass is 16.4. The number of carboxylic acids is 1. The topological polar surface area (TPSA) is 64.1 Å². The lowest BCUT2D eigenvalue weighted by molar-refractivity contribution is -0.137. The SMILES string of the molecule is CN(CC1(N(C)C)CCC1)C(=O)N(CCC(=O)O)C1CC1. The molecule has 2 amide bonds. The number of carboxylic acid groups (broad SMARTS) is 1. The molecule has 0 radical (unpaired) electrons. The number of rotatable bonds is 7. The highest BCUT2D eigenvalue weighted by molar-refractivity contribution is 5.76. The molecule has 0 bridgehead atoms. The fourth-order valence-corrected chi connectivity index (χ4v) is 3.10. The molecule has 21 heavy (non-hydrogen) atoms. The van der Waals surface area contributed by atoms with E-state index in [1.165, 1.54) is 6.42 Å². The maximum absolute atomic E-state index is 12.6. The second-order valence-electron chi connectivity index (χ2n) is 6.68. The molecular formula is C15H27N3O3. The molecule has 2 aliphatic carbocycles. The Balaban J connectivity index is 1.94. The van der Waals surface area contributed by atoms with Crippen molar-refractivity contribution in [1.29, 1.82) is 0 Å². The molecule has 0 spiro atoms. The highest BCUT2D eigenvalue weighted by Crippen LogP contribution is 2.37. The molecule has 0 aromatic carbocycles. The molecule has 1 N–H and O–H groups in total. The van der Waals surface area contributed by atoms with Crippen LogP contribution in [0.5, 0.6) is 0 Å². The number of aliphatic carboxylic acids is 1. The number of carbonyl (C=O) groups excluding carboxylic acids is 1. The third-order valence-corrected chi connectivity index (χ3v) is 4.89. The van der Waals surface area contributed by atoms with Gasteiger partial charge in [-0.25, -0.2) is 4.79 Å². The number of hydrogen-bond acceptors (Lipinski definition) is 3. The molecule has 2 aliphatic rings. The molecule has 0 saturated heterocycles. The van der Waals surface area contributed by atoms with Crippen LogP contribution in [-0.2, 0) is 4.79 Å². The third-order valence-electron chi connectivity index (χ3n) is 4.89. The van der Waals surface area contributed by atoms with Crippen LogP contribution < -0.4 is 0 Å². The number of nitrogens with zero attached hydrogens (tertiary/aromatic N) is 3. The summed E-state index contributed by atoms with van der Waals surface area (Å²) in [5.41, 5.74) is 0.104. The van der Waals surface area contributed by atoms with E-state index >= 15 is 0 Å². The van der Waals surface area contributed by atoms with Gasteiger partial charge in [-0.15, -0.1) is 0 Å². The van der Waals surface area contributed by atoms with Crippen LogP contribution in [0.2, 0.25) is 0 Å². The minimum absolute atomic E-state index is 0.0214. The first-order valence-corrected chi connectivity index (χ1v) is 7.77. The molecule has 2 saturated carbocycles. The van der Waals surface area contributed by atoms with Crippen molar-refractivity contribution < 1.29 is 14.7 Å². The number of amides is 2. The maximum Gasteiger partial charge on any atom is 0.320 e. The summed E-state index contributed by atoms with van der Waals surface area (Å²) in [6.45, 7) is 1.03. The maximum atomic E-state index is 12.6. The van der Waals surface area contributed by atoms with E-state index in [0.717, 1.165) is 32.2 Å². The predicted octanol–water partition coefficient (Wildman–Crippen LogP) is 1.46. The summed E-state index contributed by atoms with van der Waals surface area (Å²) in [6.07, 6.45) is 5.48. The van der Waals surface area contributed by atoms with Gasteiger partial charge in [0.05, 0.1) is 6.42 Å². The Bertz CT molecular complexity index is 403. The van der Waals surface area contributed by atoms with Crippen LogP contribution in [0.4, 0.5) is 4.79 Å². The molecule has 0 unspecified atom stereocenters. The summed E-state index contributed by atoms with van der Waals surface area (Å²) in [5.74, 6) is -0.847. The molecule has 6 nitrogen and oxygen atoms in total. The fraction of sp³-hybridized carbons (Fsp3) is 0.867. The summed E-state index contributed by atoms with van der Waals surface area (Å²) in [7, 11) is 5.98. The molecule has 0 atom stereocenters. The van der Waals surface area contributed by atoms with Gasteiger partial charge in [-0.05, 0) is 46.2 Å². The molecule has 0 aromatic rings. The van der Waals surface area contributed by atoms with Gasteiger partial charge in [-0.2, -0.15) is 0 Å². The summed E-state index contributed by atoms with van der Waals surface area (Å²) < 4.78 is 0. The normalized spacial score (nSPS) is 20.0. The van der Waals surface area contributed by atoms with E-state index < -0.39 is 5.97 Å². The smallest absolute Gasteiger partial charge is 0.320 e. The quantitative estimate of drug-likeness (QED) is 0.773. The first-order valence-electron chi connectivity index (χ1n) is 7.77. The molecule has 6 heteroatoms. The highest BCUT2D eigenvalue weighted by Gasteiger charge is 2.42. The van der Waals surface area contributed by atoms with E-state index in [1.54, 1.807) is 9.80 Å². The van der Waals surface area contributed by atoms with Crippen molar-refractivity contribution in [2.24, 2.45) is 0 Å². The Kier molecular flexibility index (Phi) is 4.76. The molecule has 2 fully saturated rings. The van der Waals surface area contributed by atoms with E-state index in [0.29, 0.717) is 6.54 Å². The zero-order chi connectivity index (χ0) is 15.6. The molecule has 0 heterocycles. The van der Waals surface area contributed by atoms with Crippen molar-refractivity contribution in [2.75, 3.05) is 34.2 Å². The van der Waals surface area contributed by atoms with Crippen LogP contribution in [-0.4, -0.2) is 77.6 Å². The minimum Gasteiger partial charge on any atom is -0.481 e. The van der Waals surface area contributed by atoms with Gasteiger partial charge in [0, 0.05) is 31.7 Å². The van der Waals surface area contributed by atoms with Crippen molar-refractivity contribution in [1.82, 2.24) is 14.7 Å². The third kappa shape index (κ3) is 3.67. The lowest BCUT2D eigenvalue weighted by Gasteiger charge is -2.49. The summed E-state index contributed by atoms with van der Waals surface area (Å²) in [5, 5.41) is 8.83. The van der Waals surface area contributed by atoms with E-state index in [9.17, 15) is 9.59 Å². The fourth-order valence-electron chi connectivity index (χ4n) is 3.10. The Morgan fingerprint density at radius 3 is 2.19 bits per heavy atom. The number of urea groups is 1. The Morgan fingerprint density at radius 1 is 1.19 bits per heavy atom. The number of hydrogen-bond donors (Lipinski definition) is 1. The average Bonchev–Trinajstić information content (AvgIpc) is 3.17. The van der Waals surface area contributed by atoms with Gasteiger partial charge in [0.1, 0.15) is 0 Å². The van der Waals surface area contributed by atoms with Crippen molar-refractivity contribution in [2.45, 2.75) is 50.1 Å². The van der Waals surface area contributed by atoms with Crippen LogP contribution in [0, 0.1) is 0 Å². The molecule has 0 aromatic heterocycles. The van der Waals surface area contributed by atoms with Gasteiger partial charge in [0.25, 0.3) is 0 Å². The largest absolute Gasteiger partial charge is 0.481 e. The van der Waals surface area contributed by atoms with Gasteiger partial charge in [0.15, 0.2) is 0 Å². The zero-order valence-electron chi connectivity index (χ0n) is 13.3. The Morgan fingerprint density at radius 2 is 1.81 bits per heavy atom. The van der Waals surface area contributed by atoms with Crippen molar-refractivity contribution in [3.05, 3.63) is 0 Å². The Labute approximate surface area is 126 Å². The van der Waals surface area contributed by atoms with Crippen LogP contribution in [0.3, 0.4) is 0 Å². The van der Waals surface area contributed by atoms with E-state index in [2.05, 4.69) is 19.0 Å². The molecule has 0 aliphatic heterocycles. The first-order chi connectivity index (χ1) is 9.85. The van der Waals surface area contributed by atoms with Gasteiger partial charge in [-0.3, -0.25) is 4.79 Å². The predicted molar refractivity (Wildman–Crippen MR) is 80.3 cm³/mol. The number of likely N-dealkylation sites (N-methyl/N-ethyl adjacent to an activating group) is 2. The Hall–Kier alpha value is -1.30. The lowest BCUT2D eigenvalue weighted by atomic mass is 9.75. The minimum atomic E-state index is -0.847. The standard InChI is InChI=1S/C15H27N3O3/c1-16(2)15(8-4-9-15)11-17(3)14(21)18(12-5-6-12)10-7-13(19)20/h12H,4-11H2,1-3H3,(H,19,20). The van der Waals surface area contributed by atoms with Crippen LogP contribution in [0.15, 0.2) is 0 Å². The van der Waals surface area contributed by atoms with Crippen LogP contribution in [0.25, 0.3) is 0 Å². The molecule has 2 rings (SSSR count). The molecule has 120 valence electrons. The van der Waals surface area contributed by atoms with Gasteiger partial charge in [0.2, 0.25) is 0 Å². The van der Waals surface area contributed by atoms with Gasteiger partial charge < -0.3 is 19.8 Å². The first kappa shape index (κ1) is 16.1. The summed E-state index contributed by atoms with van der Waals surface area (Å²) in [4.78, 5) is 29.1. The summed E-state index contributed by atoms with van der Waals surface area (Å²) >= 11 is 0. The van der Waals surface area contributed by atoms with Gasteiger partial charge in [-0.1, -0.05) is 0 Å². The monoisotopic (exact) mass is 297 g/mol. The second-order valence-corrected chi connectivity index (χ2v) is 6.68. The second kappa shape index (κ2) is 6.22. The zero-order valence-corrected chi connectivity index (χ0v) is 13.3. The lowest BCUT2D eigenvalue weighted by Crippen LogP contribution is -2.59. The average molecular weight is 297 g/mol. The molecular weight excluding hydrogens is 270 g/mol. The van der Waals surface area contributed by atoms with Crippen LogP contribution in [0.1, 0.15) is 38.5 Å². The number of carbonyl (C=O) groups is 2. The van der Waals surface area contributed by atoms with Crippen molar-refractivity contribution in [3.8, 4) is 0 Å². The van der Waals surface area contributed by atoms with E-state index in [4.69, 9.17) is 5.11 Å². The van der Waals surface area contributed by atoms with Crippen LogP contribution >= 0.6 is 0 Å².